The molecule has 1 heterocycles. The molecule has 0 aromatic heterocycles. The number of hydrogen-bond acceptors (Lipinski definition) is 5. The molecule has 1 aliphatic heterocycles. The molecule has 1 saturated heterocycles. The van der Waals surface area contributed by atoms with Crippen LogP contribution in [0.1, 0.15) is 41.5 Å². The minimum atomic E-state index is -3.31. The van der Waals surface area contributed by atoms with E-state index < -0.39 is 21.2 Å². The molecule has 1 fully saturated rings. The van der Waals surface area contributed by atoms with Crippen LogP contribution < -0.4 is 15.4 Å². The maximum Gasteiger partial charge on any atom is 0.410 e. The van der Waals surface area contributed by atoms with Gasteiger partial charge in [-0.2, -0.15) is 0 Å². The lowest BCUT2D eigenvalue weighted by atomic mass is 10.1. The monoisotopic (exact) mass is 519 g/mol. The number of ether oxygens (including phenoxy) is 1. The van der Waals surface area contributed by atoms with E-state index in [4.69, 9.17) is 4.74 Å². The summed E-state index contributed by atoms with van der Waals surface area (Å²) in [6.45, 7) is 13.0. The Morgan fingerprint density at radius 1 is 1.22 bits per heavy atom. The Morgan fingerprint density at radius 3 is 2.22 bits per heavy atom. The summed E-state index contributed by atoms with van der Waals surface area (Å²) in [6.07, 6.45) is 0.803. The number of guanidine groups is 1. The van der Waals surface area contributed by atoms with Crippen molar-refractivity contribution < 1.29 is 17.9 Å². The number of carbonyl (C=O) groups is 1. The van der Waals surface area contributed by atoms with Gasteiger partial charge in [-0.3, -0.25) is 4.99 Å². The van der Waals surface area contributed by atoms with Crippen LogP contribution in [0.3, 0.4) is 0 Å². The lowest BCUT2D eigenvalue weighted by Crippen LogP contribution is -2.63. The summed E-state index contributed by atoms with van der Waals surface area (Å²) < 4.78 is 30.7. The first-order valence-electron chi connectivity index (χ1n) is 8.72. The Kier molecular flexibility index (Phi) is 9.79. The normalized spacial score (nSPS) is 16.3. The van der Waals surface area contributed by atoms with E-state index in [9.17, 15) is 13.2 Å². The highest BCUT2D eigenvalue weighted by Gasteiger charge is 2.34. The molecule has 27 heavy (non-hydrogen) atoms. The molecule has 0 saturated carbocycles. The highest BCUT2D eigenvalue weighted by atomic mass is 127. The molecule has 0 atom stereocenters. The van der Waals surface area contributed by atoms with Crippen LogP contribution in [0.15, 0.2) is 4.99 Å². The van der Waals surface area contributed by atoms with Crippen molar-refractivity contribution in [3.05, 3.63) is 0 Å². The van der Waals surface area contributed by atoms with Crippen LogP contribution in [-0.2, 0) is 14.8 Å². The van der Waals surface area contributed by atoms with E-state index in [2.05, 4.69) is 20.3 Å². The smallest absolute Gasteiger partial charge is 0.410 e. The maximum absolute atomic E-state index is 12.0. The van der Waals surface area contributed by atoms with Crippen molar-refractivity contribution in [1.29, 1.82) is 0 Å². The number of nitrogens with one attached hydrogen (secondary N) is 3. The zero-order valence-corrected chi connectivity index (χ0v) is 20.4. The van der Waals surface area contributed by atoms with Gasteiger partial charge in [-0.25, -0.2) is 17.9 Å². The van der Waals surface area contributed by atoms with Crippen molar-refractivity contribution in [2.75, 3.05) is 32.4 Å². The fourth-order valence-electron chi connectivity index (χ4n) is 2.37. The molecule has 1 amide bonds. The van der Waals surface area contributed by atoms with Crippen LogP contribution in [0.5, 0.6) is 0 Å². The van der Waals surface area contributed by atoms with E-state index in [0.29, 0.717) is 25.6 Å². The summed E-state index contributed by atoms with van der Waals surface area (Å²) in [5.41, 5.74) is -1.21. The highest BCUT2D eigenvalue weighted by molar-refractivity contribution is 14.0. The van der Waals surface area contributed by atoms with Crippen molar-refractivity contribution >= 4 is 46.1 Å². The highest BCUT2D eigenvalue weighted by Crippen LogP contribution is 2.15. The van der Waals surface area contributed by atoms with Crippen LogP contribution in [0.2, 0.25) is 0 Å². The third-order valence-corrected chi connectivity index (χ3v) is 4.24. The molecular weight excluding hydrogens is 485 g/mol. The Balaban J connectivity index is 0.00000676. The standard InChI is InChI=1S/C16H33N5O4S.HI/c1-8-17-13(18-11-16(5,6)20-26(7,23)24)19-12-9-21(10-12)14(22)25-15(2,3)4;/h12,20H,8-11H2,1-7H3,(H2,17,18,19);1H. The number of nitrogens with zero attached hydrogens (tertiary/aromatic N) is 2. The summed E-state index contributed by atoms with van der Waals surface area (Å²) in [6, 6.07) is 0.0753. The van der Waals surface area contributed by atoms with Crippen molar-refractivity contribution in [3.8, 4) is 0 Å². The van der Waals surface area contributed by atoms with Gasteiger partial charge >= 0.3 is 6.09 Å². The Bertz CT molecular complexity index is 625. The lowest BCUT2D eigenvalue weighted by Gasteiger charge is -2.40. The first-order chi connectivity index (χ1) is 11.7. The van der Waals surface area contributed by atoms with Crippen molar-refractivity contribution in [3.63, 3.8) is 0 Å². The zero-order chi connectivity index (χ0) is 20.2. The molecule has 1 aliphatic rings. The number of aliphatic imine (C=N–C) groups is 1. The lowest BCUT2D eigenvalue weighted by molar-refractivity contribution is 0.00700. The van der Waals surface area contributed by atoms with E-state index in [-0.39, 0.29) is 42.7 Å². The molecule has 0 spiro atoms. The molecule has 160 valence electrons. The third-order valence-electron chi connectivity index (χ3n) is 3.31. The predicted octanol–water partition coefficient (Wildman–Crippen LogP) is 1.11. The quantitative estimate of drug-likeness (QED) is 0.276. The van der Waals surface area contributed by atoms with Crippen LogP contribution in [0, 0.1) is 0 Å². The number of amides is 1. The van der Waals surface area contributed by atoms with E-state index in [1.165, 1.54) is 0 Å². The van der Waals surface area contributed by atoms with Gasteiger partial charge in [-0.15, -0.1) is 24.0 Å². The number of sulfonamides is 1. The van der Waals surface area contributed by atoms with Crippen LogP contribution >= 0.6 is 24.0 Å². The second-order valence-corrected chi connectivity index (χ2v) is 9.93. The third kappa shape index (κ3) is 10.9. The second kappa shape index (κ2) is 10.1. The SMILES string of the molecule is CCNC(=NCC(C)(C)NS(C)(=O)=O)NC1CN(C(=O)OC(C)(C)C)C1.I. The number of carbonyl (C=O) groups excluding carboxylic acids is 1. The average molecular weight is 519 g/mol. The fraction of sp³-hybridized carbons (Fsp3) is 0.875. The van der Waals surface area contributed by atoms with Gasteiger partial charge in [-0.1, -0.05) is 0 Å². The summed E-state index contributed by atoms with van der Waals surface area (Å²) >= 11 is 0. The molecule has 0 aromatic carbocycles. The maximum atomic E-state index is 12.0. The topological polar surface area (TPSA) is 112 Å². The first-order valence-corrected chi connectivity index (χ1v) is 10.6. The number of hydrogen-bond donors (Lipinski definition) is 3. The molecule has 0 aromatic rings. The zero-order valence-electron chi connectivity index (χ0n) is 17.2. The molecule has 1 rings (SSSR count). The fourth-order valence-corrected chi connectivity index (χ4v) is 3.44. The minimum absolute atomic E-state index is 0. The van der Waals surface area contributed by atoms with Gasteiger partial charge in [0.25, 0.3) is 0 Å². The Hall–Kier alpha value is -0.820. The van der Waals surface area contributed by atoms with Crippen LogP contribution in [0.4, 0.5) is 4.79 Å². The first kappa shape index (κ1) is 26.2. The Labute approximate surface area is 180 Å². The van der Waals surface area contributed by atoms with Gasteiger partial charge in [0.2, 0.25) is 10.0 Å². The van der Waals surface area contributed by atoms with E-state index >= 15 is 0 Å². The van der Waals surface area contributed by atoms with E-state index in [1.54, 1.807) is 18.7 Å². The summed E-state index contributed by atoms with van der Waals surface area (Å²) in [5.74, 6) is 0.588. The number of rotatable bonds is 6. The van der Waals surface area contributed by atoms with Crippen molar-refractivity contribution in [2.45, 2.75) is 58.7 Å². The molecule has 11 heteroatoms. The average Bonchev–Trinajstić information content (AvgIpc) is 2.34. The molecule has 0 unspecified atom stereocenters. The molecule has 3 N–H and O–H groups in total. The van der Waals surface area contributed by atoms with Crippen LogP contribution in [-0.4, -0.2) is 75.0 Å². The van der Waals surface area contributed by atoms with Gasteiger partial charge in [0.15, 0.2) is 5.96 Å². The van der Waals surface area contributed by atoms with E-state index in [1.807, 2.05) is 27.7 Å². The molecule has 9 nitrogen and oxygen atoms in total. The molecule has 0 aliphatic carbocycles. The summed E-state index contributed by atoms with van der Waals surface area (Å²) in [4.78, 5) is 18.0. The second-order valence-electron chi connectivity index (χ2n) is 8.18. The van der Waals surface area contributed by atoms with Gasteiger partial charge in [-0.05, 0) is 41.5 Å². The minimum Gasteiger partial charge on any atom is -0.444 e. The summed E-state index contributed by atoms with van der Waals surface area (Å²) in [5, 5.41) is 6.38. The number of likely N-dealkylation sites (tertiary alicyclic amines) is 1. The number of halogens is 1. The van der Waals surface area contributed by atoms with Crippen molar-refractivity contribution in [2.24, 2.45) is 4.99 Å². The largest absolute Gasteiger partial charge is 0.444 e. The van der Waals surface area contributed by atoms with Crippen molar-refractivity contribution in [1.82, 2.24) is 20.3 Å². The molecule has 0 bridgehead atoms. The molecular formula is C16H34IN5O4S. The van der Waals surface area contributed by atoms with Gasteiger partial charge < -0.3 is 20.3 Å². The van der Waals surface area contributed by atoms with Gasteiger partial charge in [0.05, 0.1) is 18.8 Å². The van der Waals surface area contributed by atoms with Gasteiger partial charge in [0.1, 0.15) is 5.60 Å². The predicted molar refractivity (Wildman–Crippen MR) is 118 cm³/mol. The van der Waals surface area contributed by atoms with Crippen LogP contribution in [0.25, 0.3) is 0 Å². The molecule has 0 radical (unpaired) electrons. The van der Waals surface area contributed by atoms with Gasteiger partial charge in [0, 0.05) is 25.2 Å². The Morgan fingerprint density at radius 2 is 1.78 bits per heavy atom. The van der Waals surface area contributed by atoms with E-state index in [0.717, 1.165) is 6.26 Å². The summed E-state index contributed by atoms with van der Waals surface area (Å²) in [7, 11) is -3.31.